The van der Waals surface area contributed by atoms with E-state index >= 15 is 0 Å². The molecule has 1 saturated heterocycles. The number of alkyl halides is 2. The summed E-state index contributed by atoms with van der Waals surface area (Å²) in [4.78, 5) is 12.3. The number of carbonyl (C=O) groups excluding carboxylic acids is 1. The molecule has 7 heteroatoms. The molecule has 2 aliphatic rings. The summed E-state index contributed by atoms with van der Waals surface area (Å²) >= 11 is 0. The van der Waals surface area contributed by atoms with Gasteiger partial charge in [0.15, 0.2) is 0 Å². The van der Waals surface area contributed by atoms with Gasteiger partial charge in [0.1, 0.15) is 23.3 Å². The Labute approximate surface area is 151 Å². The molecule has 3 rings (SSSR count). The molecule has 0 bridgehead atoms. The zero-order chi connectivity index (χ0) is 19.1. The van der Waals surface area contributed by atoms with Crippen LogP contribution in [0.4, 0.5) is 13.2 Å². The number of hydrogen-bond acceptors (Lipinski definition) is 4. The first-order valence-corrected chi connectivity index (χ1v) is 8.86. The number of hydrogen-bond donors (Lipinski definition) is 1. The van der Waals surface area contributed by atoms with E-state index in [-0.39, 0.29) is 30.3 Å². The fourth-order valence-electron chi connectivity index (χ4n) is 3.03. The first-order valence-electron chi connectivity index (χ1n) is 8.86. The van der Waals surface area contributed by atoms with Crippen molar-refractivity contribution in [1.29, 1.82) is 0 Å². The molecule has 144 valence electrons. The maximum absolute atomic E-state index is 14.5. The molecule has 0 spiro atoms. The predicted molar refractivity (Wildman–Crippen MR) is 90.4 cm³/mol. The van der Waals surface area contributed by atoms with Gasteiger partial charge in [-0.1, -0.05) is 0 Å². The molecule has 1 N–H and O–H groups in total. The Bertz CT molecular complexity index is 696. The standard InChI is InChI=1S/C19H24F3NO3/c1-18(2,3)26-17(24)14-6-13(11-4-5-11)16(7-15(14)20)25-12-8-19(21,22)10-23-9-12/h6-7,11-12,23H,4-5,8-10H2,1-3H3/t12-/m1/s1. The van der Waals surface area contributed by atoms with Crippen molar-refractivity contribution in [3.05, 3.63) is 29.1 Å². The first-order chi connectivity index (χ1) is 12.0. The third-order valence-corrected chi connectivity index (χ3v) is 4.31. The van der Waals surface area contributed by atoms with Gasteiger partial charge in [-0.15, -0.1) is 0 Å². The zero-order valence-corrected chi connectivity index (χ0v) is 15.2. The van der Waals surface area contributed by atoms with E-state index in [1.807, 2.05) is 0 Å². The summed E-state index contributed by atoms with van der Waals surface area (Å²) < 4.78 is 52.6. The van der Waals surface area contributed by atoms with Crippen LogP contribution >= 0.6 is 0 Å². The molecular formula is C19H24F3NO3. The van der Waals surface area contributed by atoms with E-state index in [1.54, 1.807) is 20.8 Å². The number of halogens is 3. The lowest BCUT2D eigenvalue weighted by Crippen LogP contribution is -2.48. The Morgan fingerprint density at radius 3 is 2.54 bits per heavy atom. The fourth-order valence-corrected chi connectivity index (χ4v) is 3.03. The van der Waals surface area contributed by atoms with Crippen LogP contribution in [0.1, 0.15) is 61.9 Å². The minimum Gasteiger partial charge on any atom is -0.488 e. The smallest absolute Gasteiger partial charge is 0.341 e. The van der Waals surface area contributed by atoms with E-state index in [2.05, 4.69) is 5.32 Å². The molecular weight excluding hydrogens is 347 g/mol. The Balaban J connectivity index is 1.84. The molecule has 0 radical (unpaired) electrons. The molecule has 1 aliphatic carbocycles. The number of carbonyl (C=O) groups is 1. The van der Waals surface area contributed by atoms with E-state index < -0.39 is 35.8 Å². The third-order valence-electron chi connectivity index (χ3n) is 4.31. The van der Waals surface area contributed by atoms with Gasteiger partial charge in [-0.05, 0) is 51.2 Å². The Hall–Kier alpha value is -1.76. The molecule has 1 atom stereocenters. The molecule has 0 amide bonds. The van der Waals surface area contributed by atoms with Crippen molar-refractivity contribution in [3.63, 3.8) is 0 Å². The minimum absolute atomic E-state index is 0.152. The summed E-state index contributed by atoms with van der Waals surface area (Å²) in [5, 5.41) is 2.64. The van der Waals surface area contributed by atoms with Gasteiger partial charge in [0.2, 0.25) is 0 Å². The van der Waals surface area contributed by atoms with Crippen molar-refractivity contribution < 1.29 is 27.4 Å². The summed E-state index contributed by atoms with van der Waals surface area (Å²) in [7, 11) is 0. The van der Waals surface area contributed by atoms with Crippen LogP contribution in [0.2, 0.25) is 0 Å². The number of benzene rings is 1. The van der Waals surface area contributed by atoms with Gasteiger partial charge in [0.25, 0.3) is 5.92 Å². The topological polar surface area (TPSA) is 47.6 Å². The van der Waals surface area contributed by atoms with Gasteiger partial charge in [0, 0.05) is 12.6 Å². The minimum atomic E-state index is -2.85. The van der Waals surface area contributed by atoms with Crippen LogP contribution in [-0.2, 0) is 4.74 Å². The van der Waals surface area contributed by atoms with Gasteiger partial charge in [-0.25, -0.2) is 18.0 Å². The van der Waals surface area contributed by atoms with Crippen LogP contribution in [0.25, 0.3) is 0 Å². The SMILES string of the molecule is CC(C)(C)OC(=O)c1cc(C2CC2)c(O[C@H]2CNCC(F)(F)C2)cc1F. The second-order valence-corrected chi connectivity index (χ2v) is 8.08. The predicted octanol–water partition coefficient (Wildman–Crippen LogP) is 4.03. The quantitative estimate of drug-likeness (QED) is 0.812. The van der Waals surface area contributed by atoms with Gasteiger partial charge in [-0.2, -0.15) is 0 Å². The van der Waals surface area contributed by atoms with Gasteiger partial charge in [-0.3, -0.25) is 0 Å². The molecule has 1 aromatic carbocycles. The van der Waals surface area contributed by atoms with Crippen LogP contribution in [-0.4, -0.2) is 36.7 Å². The van der Waals surface area contributed by atoms with Crippen molar-refractivity contribution in [3.8, 4) is 5.75 Å². The Morgan fingerprint density at radius 1 is 1.27 bits per heavy atom. The molecule has 1 saturated carbocycles. The number of ether oxygens (including phenoxy) is 2. The second kappa shape index (κ2) is 6.76. The van der Waals surface area contributed by atoms with E-state index in [9.17, 15) is 18.0 Å². The first kappa shape index (κ1) is 19.0. The maximum atomic E-state index is 14.5. The molecule has 1 aliphatic heterocycles. The van der Waals surface area contributed by atoms with Crippen LogP contribution in [0.3, 0.4) is 0 Å². The lowest BCUT2D eigenvalue weighted by atomic mass is 10.0. The van der Waals surface area contributed by atoms with E-state index in [0.717, 1.165) is 18.9 Å². The van der Waals surface area contributed by atoms with Gasteiger partial charge < -0.3 is 14.8 Å². The monoisotopic (exact) mass is 371 g/mol. The summed E-state index contributed by atoms with van der Waals surface area (Å²) in [5.41, 5.74) is -0.208. The van der Waals surface area contributed by atoms with Crippen LogP contribution in [0.15, 0.2) is 12.1 Å². The number of nitrogens with one attached hydrogen (secondary N) is 1. The normalized spacial score (nSPS) is 22.8. The van der Waals surface area contributed by atoms with Gasteiger partial charge >= 0.3 is 5.97 Å². The van der Waals surface area contributed by atoms with E-state index in [1.165, 1.54) is 6.07 Å². The Morgan fingerprint density at radius 2 is 1.96 bits per heavy atom. The molecule has 0 aromatic heterocycles. The lowest BCUT2D eigenvalue weighted by molar-refractivity contribution is -0.0570. The number of esters is 1. The van der Waals surface area contributed by atoms with Crippen LogP contribution in [0.5, 0.6) is 5.75 Å². The van der Waals surface area contributed by atoms with E-state index in [4.69, 9.17) is 9.47 Å². The molecule has 1 heterocycles. The molecule has 2 fully saturated rings. The maximum Gasteiger partial charge on any atom is 0.341 e. The van der Waals surface area contributed by atoms with Crippen molar-refractivity contribution in [2.75, 3.05) is 13.1 Å². The average molecular weight is 371 g/mol. The highest BCUT2D eigenvalue weighted by molar-refractivity contribution is 5.90. The average Bonchev–Trinajstić information content (AvgIpc) is 3.29. The molecule has 0 unspecified atom stereocenters. The van der Waals surface area contributed by atoms with Crippen molar-refractivity contribution in [2.24, 2.45) is 0 Å². The summed E-state index contributed by atoms with van der Waals surface area (Å²) in [6, 6.07) is 2.57. The number of piperidine rings is 1. The molecule has 1 aromatic rings. The summed E-state index contributed by atoms with van der Waals surface area (Å²) in [6.45, 7) is 5.01. The van der Waals surface area contributed by atoms with Crippen molar-refractivity contribution in [1.82, 2.24) is 5.32 Å². The van der Waals surface area contributed by atoms with Gasteiger partial charge in [0.05, 0.1) is 18.5 Å². The van der Waals surface area contributed by atoms with Crippen molar-refractivity contribution in [2.45, 2.75) is 63.6 Å². The van der Waals surface area contributed by atoms with Crippen LogP contribution < -0.4 is 10.1 Å². The van der Waals surface area contributed by atoms with E-state index in [0.29, 0.717) is 5.56 Å². The number of rotatable bonds is 4. The van der Waals surface area contributed by atoms with Crippen molar-refractivity contribution >= 4 is 5.97 Å². The summed E-state index contributed by atoms with van der Waals surface area (Å²) in [6.07, 6.45) is 0.631. The molecule has 4 nitrogen and oxygen atoms in total. The highest BCUT2D eigenvalue weighted by Crippen LogP contribution is 2.45. The summed E-state index contributed by atoms with van der Waals surface area (Å²) in [5.74, 6) is -3.97. The Kier molecular flexibility index (Phi) is 4.94. The zero-order valence-electron chi connectivity index (χ0n) is 15.2. The fraction of sp³-hybridized carbons (Fsp3) is 0.632. The highest BCUT2D eigenvalue weighted by atomic mass is 19.3. The van der Waals surface area contributed by atoms with Crippen LogP contribution in [0, 0.1) is 5.82 Å². The largest absolute Gasteiger partial charge is 0.488 e. The molecule has 26 heavy (non-hydrogen) atoms. The lowest BCUT2D eigenvalue weighted by Gasteiger charge is -2.30. The highest BCUT2D eigenvalue weighted by Gasteiger charge is 2.38. The third kappa shape index (κ3) is 4.69. The second-order valence-electron chi connectivity index (χ2n) is 8.08.